The monoisotopic (exact) mass is 119 g/mol. The van der Waals surface area contributed by atoms with E-state index in [2.05, 4.69) is 6.92 Å². The average molecular weight is 119 g/mol. The van der Waals surface area contributed by atoms with Crippen molar-refractivity contribution in [3.05, 3.63) is 0 Å². The van der Waals surface area contributed by atoms with E-state index in [1.807, 2.05) is 0 Å². The van der Waals surface area contributed by atoms with Gasteiger partial charge in [0.1, 0.15) is 5.75 Å². The van der Waals surface area contributed by atoms with Gasteiger partial charge >= 0.3 is 0 Å². The molecule has 1 saturated heterocycles. The quantitative estimate of drug-likeness (QED) is 0.401. The van der Waals surface area contributed by atoms with Crippen LogP contribution in [0.3, 0.4) is 0 Å². The third kappa shape index (κ3) is 1.10. The normalized spacial score (nSPS) is 38.6. The van der Waals surface area contributed by atoms with E-state index in [-0.39, 0.29) is 0 Å². The molecule has 7 heavy (non-hydrogen) atoms. The second kappa shape index (κ2) is 2.05. The maximum atomic E-state index is 8.51. The van der Waals surface area contributed by atoms with Gasteiger partial charge in [-0.2, -0.15) is 0 Å². The number of hydrogen-bond donors (Lipinski definition) is 1. The fourth-order valence-electron chi connectivity index (χ4n) is 0.711. The van der Waals surface area contributed by atoms with Crippen LogP contribution in [-0.4, -0.2) is 28.5 Å². The molecule has 0 aromatic carbocycles. The van der Waals surface area contributed by atoms with E-state index in [0.29, 0.717) is 22.8 Å². The molecule has 42 valence electrons. The Bertz CT molecular complexity index is 57.1. The smallest absolute Gasteiger partial charge is 0.185 e. The molecular formula is C5H11OS+. The van der Waals surface area contributed by atoms with Crippen molar-refractivity contribution in [3.63, 3.8) is 0 Å². The fourth-order valence-corrected chi connectivity index (χ4v) is 2.42. The highest BCUT2D eigenvalue weighted by Gasteiger charge is 2.47. The van der Waals surface area contributed by atoms with Crippen LogP contribution in [0, 0.1) is 0 Å². The molecule has 1 aliphatic heterocycles. The van der Waals surface area contributed by atoms with E-state index < -0.39 is 0 Å². The Kier molecular flexibility index (Phi) is 1.60. The standard InChI is InChI=1S/C5H11OS/c1-2-7-4-5(7)3-6/h5-6H,2-4H2,1H3/q+1. The van der Waals surface area contributed by atoms with Gasteiger partial charge in [-0.15, -0.1) is 0 Å². The molecule has 1 heterocycles. The lowest BCUT2D eigenvalue weighted by Gasteiger charge is -1.75. The van der Waals surface area contributed by atoms with Crippen molar-refractivity contribution in [2.45, 2.75) is 12.2 Å². The van der Waals surface area contributed by atoms with E-state index in [1.54, 1.807) is 0 Å². The lowest BCUT2D eigenvalue weighted by atomic mass is 10.5. The topological polar surface area (TPSA) is 20.2 Å². The minimum Gasteiger partial charge on any atom is -0.391 e. The molecule has 0 bridgehead atoms. The van der Waals surface area contributed by atoms with E-state index in [9.17, 15) is 0 Å². The first-order valence-electron chi connectivity index (χ1n) is 2.65. The lowest BCUT2D eigenvalue weighted by molar-refractivity contribution is 0.307. The predicted octanol–water partition coefficient (Wildman–Crippen LogP) is -0.000900. The Morgan fingerprint density at radius 3 is 2.71 bits per heavy atom. The molecule has 2 unspecified atom stereocenters. The van der Waals surface area contributed by atoms with Crippen LogP contribution in [0.15, 0.2) is 0 Å². The summed E-state index contributed by atoms with van der Waals surface area (Å²) < 4.78 is 0. The van der Waals surface area contributed by atoms with Crippen LogP contribution >= 0.6 is 0 Å². The molecule has 1 aliphatic rings. The Hall–Kier alpha value is 0.310. The van der Waals surface area contributed by atoms with Gasteiger partial charge in [-0.25, -0.2) is 0 Å². The zero-order valence-corrected chi connectivity index (χ0v) is 5.37. The molecule has 0 saturated carbocycles. The summed E-state index contributed by atoms with van der Waals surface area (Å²) in [5, 5.41) is 9.21. The molecule has 0 radical (unpaired) electrons. The highest BCUT2D eigenvalue weighted by Crippen LogP contribution is 2.23. The second-order valence-corrected chi connectivity index (χ2v) is 4.45. The highest BCUT2D eigenvalue weighted by molar-refractivity contribution is 8.04. The van der Waals surface area contributed by atoms with Gasteiger partial charge in [0.2, 0.25) is 0 Å². The fraction of sp³-hybridized carbons (Fsp3) is 1.00. The summed E-state index contributed by atoms with van der Waals surface area (Å²) in [6, 6.07) is 0. The van der Waals surface area contributed by atoms with Crippen LogP contribution < -0.4 is 0 Å². The van der Waals surface area contributed by atoms with Gasteiger partial charge in [0, 0.05) is 10.9 Å². The van der Waals surface area contributed by atoms with Crippen LogP contribution in [0.25, 0.3) is 0 Å². The van der Waals surface area contributed by atoms with Gasteiger partial charge < -0.3 is 5.11 Å². The summed E-state index contributed by atoms with van der Waals surface area (Å²) in [6.07, 6.45) is 0. The molecule has 1 nitrogen and oxygen atoms in total. The highest BCUT2D eigenvalue weighted by atomic mass is 32.2. The van der Waals surface area contributed by atoms with Gasteiger partial charge in [-0.05, 0) is 6.92 Å². The third-order valence-corrected chi connectivity index (χ3v) is 3.73. The SMILES string of the molecule is CC[S+]1CC1CO. The average Bonchev–Trinajstić information content (AvgIpc) is 2.43. The van der Waals surface area contributed by atoms with Gasteiger partial charge in [0.05, 0.1) is 6.61 Å². The molecule has 0 aromatic heterocycles. The van der Waals surface area contributed by atoms with Crippen LogP contribution in [0.1, 0.15) is 6.92 Å². The van der Waals surface area contributed by atoms with Crippen molar-refractivity contribution < 1.29 is 5.11 Å². The summed E-state index contributed by atoms with van der Waals surface area (Å²) in [4.78, 5) is 0. The van der Waals surface area contributed by atoms with Crippen molar-refractivity contribution in [1.82, 2.24) is 0 Å². The molecule has 0 aromatic rings. The van der Waals surface area contributed by atoms with Crippen LogP contribution in [0.5, 0.6) is 0 Å². The first-order valence-corrected chi connectivity index (χ1v) is 4.28. The van der Waals surface area contributed by atoms with Crippen molar-refractivity contribution >= 4 is 10.9 Å². The maximum Gasteiger partial charge on any atom is 0.185 e. The number of hydrogen-bond acceptors (Lipinski definition) is 1. The summed E-state index contributed by atoms with van der Waals surface area (Å²) in [5.74, 6) is 2.58. The number of aliphatic hydroxyl groups excluding tert-OH is 1. The number of aliphatic hydroxyl groups is 1. The molecule has 0 aliphatic carbocycles. The lowest BCUT2D eigenvalue weighted by Crippen LogP contribution is -1.95. The Labute approximate surface area is 47.1 Å². The minimum atomic E-state index is 0.428. The van der Waals surface area contributed by atoms with E-state index in [4.69, 9.17) is 5.11 Å². The van der Waals surface area contributed by atoms with E-state index in [0.717, 1.165) is 0 Å². The minimum absolute atomic E-state index is 0.428. The first-order chi connectivity index (χ1) is 3.38. The summed E-state index contributed by atoms with van der Waals surface area (Å²) in [5.41, 5.74) is 0. The maximum absolute atomic E-state index is 8.51. The van der Waals surface area contributed by atoms with Crippen LogP contribution in [-0.2, 0) is 10.9 Å². The molecule has 1 N–H and O–H groups in total. The molecule has 1 fully saturated rings. The molecule has 2 atom stereocenters. The zero-order chi connectivity index (χ0) is 5.28. The van der Waals surface area contributed by atoms with Crippen molar-refractivity contribution in [1.29, 1.82) is 0 Å². The summed E-state index contributed by atoms with van der Waals surface area (Å²) >= 11 is 0. The molecule has 0 amide bonds. The van der Waals surface area contributed by atoms with Gasteiger partial charge in [0.15, 0.2) is 11.0 Å². The molecule has 1 rings (SSSR count). The Balaban J connectivity index is 2.06. The van der Waals surface area contributed by atoms with E-state index in [1.165, 1.54) is 11.5 Å². The van der Waals surface area contributed by atoms with Crippen molar-refractivity contribution in [2.75, 3.05) is 18.1 Å². The second-order valence-electron chi connectivity index (χ2n) is 1.80. The van der Waals surface area contributed by atoms with Crippen molar-refractivity contribution in [2.24, 2.45) is 0 Å². The predicted molar refractivity (Wildman–Crippen MR) is 33.6 cm³/mol. The first kappa shape index (κ1) is 5.45. The largest absolute Gasteiger partial charge is 0.391 e. The summed E-state index contributed by atoms with van der Waals surface area (Å²) in [6.45, 7) is 2.62. The third-order valence-electron chi connectivity index (χ3n) is 1.33. The van der Waals surface area contributed by atoms with Gasteiger partial charge in [-0.3, -0.25) is 0 Å². The summed E-state index contributed by atoms with van der Waals surface area (Å²) in [7, 11) is 0.640. The number of rotatable bonds is 2. The van der Waals surface area contributed by atoms with E-state index >= 15 is 0 Å². The molecule has 2 heteroatoms. The Morgan fingerprint density at radius 2 is 2.57 bits per heavy atom. The Morgan fingerprint density at radius 1 is 1.86 bits per heavy atom. The molecule has 0 spiro atoms. The van der Waals surface area contributed by atoms with Gasteiger partial charge in [-0.1, -0.05) is 0 Å². The zero-order valence-electron chi connectivity index (χ0n) is 4.55. The van der Waals surface area contributed by atoms with Crippen LogP contribution in [0.4, 0.5) is 0 Å². The molecular weight excluding hydrogens is 108 g/mol. The van der Waals surface area contributed by atoms with Crippen LogP contribution in [0.2, 0.25) is 0 Å². The van der Waals surface area contributed by atoms with Gasteiger partial charge in [0.25, 0.3) is 0 Å². The van der Waals surface area contributed by atoms with Crippen molar-refractivity contribution in [3.8, 4) is 0 Å².